The normalized spacial score (nSPS) is 24.3. The van der Waals surface area contributed by atoms with Crippen LogP contribution in [0.5, 0.6) is 0 Å². The number of unbranched alkanes of at least 4 members (excludes halogenated alkanes) is 1. The van der Waals surface area contributed by atoms with Crippen LogP contribution in [-0.4, -0.2) is 71.6 Å². The minimum atomic E-state index is 0.603. The lowest BCUT2D eigenvalue weighted by Crippen LogP contribution is -2.53. The first-order valence-corrected chi connectivity index (χ1v) is 9.52. The number of anilines is 1. The Balaban J connectivity index is 1.49. The Morgan fingerprint density at radius 1 is 1.12 bits per heavy atom. The summed E-state index contributed by atoms with van der Waals surface area (Å²) in [5.74, 6) is 0.943. The van der Waals surface area contributed by atoms with Crippen LogP contribution < -0.4 is 4.90 Å². The van der Waals surface area contributed by atoms with Crippen LogP contribution in [0, 0.1) is 0 Å². The molecule has 2 unspecified atom stereocenters. The molecule has 1 aromatic heterocycles. The largest absolute Gasteiger partial charge is 0.332 e. The lowest BCUT2D eigenvalue weighted by Gasteiger charge is -2.39. The van der Waals surface area contributed by atoms with Gasteiger partial charge in [0, 0.05) is 43.6 Å². The Morgan fingerprint density at radius 2 is 1.75 bits per heavy atom. The number of nitrogens with zero attached hydrogens (tertiary/aromatic N) is 5. The van der Waals surface area contributed by atoms with Gasteiger partial charge in [-0.1, -0.05) is 0 Å². The Kier molecular flexibility index (Phi) is 5.72. The van der Waals surface area contributed by atoms with Gasteiger partial charge < -0.3 is 14.7 Å². The zero-order valence-electron chi connectivity index (χ0n) is 15.8. The molecular formula is C19H33N5. The number of aryl methyl sites for hydroxylation is 1. The van der Waals surface area contributed by atoms with Crippen LogP contribution in [0.3, 0.4) is 0 Å². The van der Waals surface area contributed by atoms with Crippen LogP contribution in [-0.2, 0) is 6.42 Å². The first-order valence-electron chi connectivity index (χ1n) is 9.52. The van der Waals surface area contributed by atoms with Crippen molar-refractivity contribution in [3.05, 3.63) is 18.0 Å². The number of aromatic nitrogens is 2. The first-order chi connectivity index (χ1) is 11.5. The molecule has 134 valence electrons. The summed E-state index contributed by atoms with van der Waals surface area (Å²) >= 11 is 0. The van der Waals surface area contributed by atoms with Gasteiger partial charge in [-0.25, -0.2) is 9.97 Å². The third-order valence-electron chi connectivity index (χ3n) is 5.70. The van der Waals surface area contributed by atoms with Gasteiger partial charge in [-0.05, 0) is 72.2 Å². The van der Waals surface area contributed by atoms with E-state index >= 15 is 0 Å². The van der Waals surface area contributed by atoms with E-state index in [4.69, 9.17) is 9.97 Å². The second-order valence-corrected chi connectivity index (χ2v) is 7.94. The summed E-state index contributed by atoms with van der Waals surface area (Å²) in [6.07, 6.45) is 10.2. The summed E-state index contributed by atoms with van der Waals surface area (Å²) in [5.41, 5.74) is 1.27. The third kappa shape index (κ3) is 4.06. The van der Waals surface area contributed by atoms with Crippen LogP contribution >= 0.6 is 0 Å². The van der Waals surface area contributed by atoms with Gasteiger partial charge in [-0.15, -0.1) is 0 Å². The van der Waals surface area contributed by atoms with Crippen LogP contribution in [0.25, 0.3) is 0 Å². The molecule has 0 radical (unpaired) electrons. The van der Waals surface area contributed by atoms with Gasteiger partial charge in [0.25, 0.3) is 0 Å². The molecule has 0 N–H and O–H groups in total. The van der Waals surface area contributed by atoms with E-state index in [0.717, 1.165) is 25.5 Å². The topological polar surface area (TPSA) is 35.5 Å². The highest BCUT2D eigenvalue weighted by molar-refractivity contribution is 5.37. The van der Waals surface area contributed by atoms with Crippen molar-refractivity contribution in [1.29, 1.82) is 0 Å². The number of hydrogen-bond acceptors (Lipinski definition) is 5. The molecule has 5 heteroatoms. The van der Waals surface area contributed by atoms with Crippen molar-refractivity contribution in [2.24, 2.45) is 0 Å². The van der Waals surface area contributed by atoms with Gasteiger partial charge in [-0.3, -0.25) is 0 Å². The molecular weight excluding hydrogens is 298 g/mol. The van der Waals surface area contributed by atoms with Gasteiger partial charge >= 0.3 is 0 Å². The van der Waals surface area contributed by atoms with Gasteiger partial charge in [0.05, 0.1) is 0 Å². The molecule has 0 saturated carbocycles. The molecule has 2 bridgehead atoms. The van der Waals surface area contributed by atoms with Gasteiger partial charge in [-0.2, -0.15) is 0 Å². The quantitative estimate of drug-likeness (QED) is 0.717. The van der Waals surface area contributed by atoms with E-state index in [1.54, 1.807) is 0 Å². The highest BCUT2D eigenvalue weighted by Crippen LogP contribution is 2.32. The molecule has 0 amide bonds. The number of likely N-dealkylation sites (N-methyl/N-ethyl adjacent to an activating group) is 1. The predicted molar refractivity (Wildman–Crippen MR) is 99.5 cm³/mol. The maximum atomic E-state index is 4.70. The van der Waals surface area contributed by atoms with Crippen molar-refractivity contribution < 1.29 is 0 Å². The van der Waals surface area contributed by atoms with Crippen molar-refractivity contribution >= 4 is 5.95 Å². The summed E-state index contributed by atoms with van der Waals surface area (Å²) in [5, 5.41) is 0. The third-order valence-corrected chi connectivity index (χ3v) is 5.70. The lowest BCUT2D eigenvalue weighted by molar-refractivity contribution is 0.262. The maximum absolute atomic E-state index is 4.70. The van der Waals surface area contributed by atoms with E-state index in [9.17, 15) is 0 Å². The molecule has 1 aromatic rings. The molecule has 2 atom stereocenters. The second kappa shape index (κ2) is 7.79. The molecule has 2 fully saturated rings. The zero-order valence-corrected chi connectivity index (χ0v) is 15.8. The van der Waals surface area contributed by atoms with Crippen molar-refractivity contribution in [3.63, 3.8) is 0 Å². The first kappa shape index (κ1) is 17.6. The number of rotatable bonds is 7. The molecule has 2 aliphatic heterocycles. The smallest absolute Gasteiger partial charge is 0.225 e. The monoisotopic (exact) mass is 331 g/mol. The van der Waals surface area contributed by atoms with Gasteiger partial charge in [0.15, 0.2) is 0 Å². The number of fused-ring (bicyclic) bond motifs is 2. The van der Waals surface area contributed by atoms with Crippen LogP contribution in [0.4, 0.5) is 5.95 Å². The molecule has 0 aromatic carbocycles. The Hall–Kier alpha value is -1.20. The van der Waals surface area contributed by atoms with Crippen molar-refractivity contribution in [3.8, 4) is 0 Å². The average Bonchev–Trinajstić information content (AvgIpc) is 2.83. The summed E-state index contributed by atoms with van der Waals surface area (Å²) < 4.78 is 0. The van der Waals surface area contributed by atoms with Gasteiger partial charge in [0.2, 0.25) is 5.95 Å². The maximum Gasteiger partial charge on any atom is 0.225 e. The average molecular weight is 332 g/mol. The van der Waals surface area contributed by atoms with Crippen molar-refractivity contribution in [1.82, 2.24) is 19.8 Å². The Labute approximate surface area is 147 Å². The standard InChI is InChI=1S/C19H33N5/c1-15(2)23(4)10-6-5-7-16-11-20-19(21-12-16)24-17-8-9-18(24)14-22(3)13-17/h11-12,15,17-18H,5-10,13-14H2,1-4H3. The highest BCUT2D eigenvalue weighted by Gasteiger charge is 2.39. The van der Waals surface area contributed by atoms with E-state index in [-0.39, 0.29) is 0 Å². The lowest BCUT2D eigenvalue weighted by atomic mass is 10.1. The van der Waals surface area contributed by atoms with Crippen molar-refractivity contribution in [2.75, 3.05) is 38.6 Å². The van der Waals surface area contributed by atoms with Crippen LogP contribution in [0.15, 0.2) is 12.4 Å². The molecule has 2 aliphatic rings. The molecule has 2 saturated heterocycles. The predicted octanol–water partition coefficient (Wildman–Crippen LogP) is 2.42. The van der Waals surface area contributed by atoms with E-state index in [0.29, 0.717) is 18.1 Å². The number of hydrogen-bond donors (Lipinski definition) is 0. The van der Waals surface area contributed by atoms with Crippen molar-refractivity contribution in [2.45, 2.75) is 64.1 Å². The fourth-order valence-corrected chi connectivity index (χ4v) is 4.00. The molecule has 0 aliphatic carbocycles. The van der Waals surface area contributed by atoms with E-state index in [2.05, 4.69) is 42.6 Å². The number of likely N-dealkylation sites (tertiary alicyclic amines) is 1. The second-order valence-electron chi connectivity index (χ2n) is 7.94. The SMILES string of the molecule is CC(C)N(C)CCCCc1cnc(N2C3CCC2CN(C)C3)nc1. The van der Waals surface area contributed by atoms with Gasteiger partial charge in [0.1, 0.15) is 0 Å². The Bertz CT molecular complexity index is 501. The van der Waals surface area contributed by atoms with Crippen LogP contribution in [0.2, 0.25) is 0 Å². The fourth-order valence-electron chi connectivity index (χ4n) is 4.00. The minimum Gasteiger partial charge on any atom is -0.332 e. The molecule has 3 rings (SSSR count). The van der Waals surface area contributed by atoms with E-state index in [1.165, 1.54) is 37.8 Å². The summed E-state index contributed by atoms with van der Waals surface area (Å²) in [6.45, 7) is 7.95. The summed E-state index contributed by atoms with van der Waals surface area (Å²) in [7, 11) is 4.43. The number of piperazine rings is 1. The Morgan fingerprint density at radius 3 is 2.33 bits per heavy atom. The fraction of sp³-hybridized carbons (Fsp3) is 0.789. The van der Waals surface area contributed by atoms with E-state index in [1.807, 2.05) is 12.4 Å². The van der Waals surface area contributed by atoms with E-state index < -0.39 is 0 Å². The molecule has 0 spiro atoms. The summed E-state index contributed by atoms with van der Waals surface area (Å²) in [4.78, 5) is 16.7. The molecule has 24 heavy (non-hydrogen) atoms. The van der Waals surface area contributed by atoms with Crippen LogP contribution in [0.1, 0.15) is 45.1 Å². The molecule has 3 heterocycles. The molecule has 5 nitrogen and oxygen atoms in total. The minimum absolute atomic E-state index is 0.603. The zero-order chi connectivity index (χ0) is 17.1. The highest BCUT2D eigenvalue weighted by atomic mass is 15.4. The summed E-state index contributed by atoms with van der Waals surface area (Å²) in [6, 6.07) is 1.84.